The summed E-state index contributed by atoms with van der Waals surface area (Å²) in [4.78, 5) is 0. The third-order valence-electron chi connectivity index (χ3n) is 1.60. The second-order valence-electron chi connectivity index (χ2n) is 2.69. The minimum absolute atomic E-state index is 0. The highest BCUT2D eigenvalue weighted by Gasteiger charge is 1.99. The number of nitrogens with two attached hydrogens (primary N) is 2. The van der Waals surface area contributed by atoms with Crippen molar-refractivity contribution in [1.29, 1.82) is 0 Å². The number of guanidine groups is 1. The van der Waals surface area contributed by atoms with E-state index in [0.717, 1.165) is 0 Å². The molecule has 0 aliphatic carbocycles. The molecule has 0 saturated carbocycles. The van der Waals surface area contributed by atoms with Crippen molar-refractivity contribution >= 4 is 24.6 Å². The van der Waals surface area contributed by atoms with Crippen LogP contribution >= 0.6 is 12.4 Å². The van der Waals surface area contributed by atoms with Crippen LogP contribution in [0.25, 0.3) is 0 Å². The van der Waals surface area contributed by atoms with Crippen LogP contribution in [0.15, 0.2) is 28.4 Å². The molecule has 0 fully saturated rings. The molecule has 0 saturated heterocycles. The standard InChI is InChI=1S/C9H12N4O2.ClH/c1-15-7-2-3-8(14)6(4-7)5-12-13-9(10)11;/h2-5,14H,1H3,(H4,10,11,13);1H/b12-5+;. The predicted molar refractivity (Wildman–Crippen MR) is 65.3 cm³/mol. The molecule has 0 atom stereocenters. The summed E-state index contributed by atoms with van der Waals surface area (Å²) in [6.07, 6.45) is 1.33. The van der Waals surface area contributed by atoms with E-state index in [1.165, 1.54) is 19.4 Å². The Morgan fingerprint density at radius 3 is 2.69 bits per heavy atom. The average Bonchev–Trinajstić information content (AvgIpc) is 2.20. The van der Waals surface area contributed by atoms with E-state index in [0.29, 0.717) is 11.3 Å². The highest BCUT2D eigenvalue weighted by molar-refractivity contribution is 5.85. The van der Waals surface area contributed by atoms with Crippen LogP contribution in [0.3, 0.4) is 0 Å². The Bertz CT molecular complexity index is 402. The summed E-state index contributed by atoms with van der Waals surface area (Å²) in [5.74, 6) is 0.540. The third-order valence-corrected chi connectivity index (χ3v) is 1.60. The number of rotatable bonds is 3. The molecule has 0 spiro atoms. The lowest BCUT2D eigenvalue weighted by Crippen LogP contribution is -2.21. The number of aromatic hydroxyl groups is 1. The minimum Gasteiger partial charge on any atom is -0.507 e. The fourth-order valence-electron chi connectivity index (χ4n) is 0.921. The Hall–Kier alpha value is -1.95. The Balaban J connectivity index is 0.00000225. The predicted octanol–water partition coefficient (Wildman–Crippen LogP) is 0.430. The summed E-state index contributed by atoms with van der Waals surface area (Å²) in [5.41, 5.74) is 10.6. The second-order valence-corrected chi connectivity index (χ2v) is 2.69. The maximum absolute atomic E-state index is 9.44. The van der Waals surface area contributed by atoms with Gasteiger partial charge in [0.25, 0.3) is 0 Å². The molecule has 0 unspecified atom stereocenters. The van der Waals surface area contributed by atoms with Crippen molar-refractivity contribution in [2.45, 2.75) is 0 Å². The number of methoxy groups -OCH3 is 1. The maximum atomic E-state index is 9.44. The summed E-state index contributed by atoms with van der Waals surface area (Å²) < 4.78 is 4.98. The molecule has 0 heterocycles. The van der Waals surface area contributed by atoms with Crippen molar-refractivity contribution in [3.63, 3.8) is 0 Å². The number of halogens is 1. The first-order valence-corrected chi connectivity index (χ1v) is 4.12. The maximum Gasteiger partial charge on any atom is 0.211 e. The van der Waals surface area contributed by atoms with E-state index >= 15 is 0 Å². The highest BCUT2D eigenvalue weighted by atomic mass is 35.5. The van der Waals surface area contributed by atoms with Gasteiger partial charge >= 0.3 is 0 Å². The van der Waals surface area contributed by atoms with Gasteiger partial charge in [0.05, 0.1) is 13.3 Å². The first kappa shape index (κ1) is 14.1. The zero-order chi connectivity index (χ0) is 11.3. The van der Waals surface area contributed by atoms with Crippen molar-refractivity contribution < 1.29 is 9.84 Å². The van der Waals surface area contributed by atoms with Crippen molar-refractivity contribution in [2.75, 3.05) is 7.11 Å². The lowest BCUT2D eigenvalue weighted by Gasteiger charge is -2.01. The van der Waals surface area contributed by atoms with Crippen molar-refractivity contribution in [2.24, 2.45) is 21.7 Å². The van der Waals surface area contributed by atoms with Gasteiger partial charge in [0.2, 0.25) is 5.96 Å². The van der Waals surface area contributed by atoms with Gasteiger partial charge in [0.1, 0.15) is 11.5 Å². The number of phenolic OH excluding ortho intramolecular Hbond substituents is 1. The lowest BCUT2D eigenvalue weighted by molar-refractivity contribution is 0.412. The lowest BCUT2D eigenvalue weighted by atomic mass is 10.2. The first-order chi connectivity index (χ1) is 7.13. The van der Waals surface area contributed by atoms with E-state index < -0.39 is 0 Å². The van der Waals surface area contributed by atoms with Crippen LogP contribution in [-0.2, 0) is 0 Å². The molecule has 88 valence electrons. The molecule has 7 heteroatoms. The molecular weight excluding hydrogens is 232 g/mol. The molecule has 0 bridgehead atoms. The Morgan fingerprint density at radius 1 is 1.44 bits per heavy atom. The molecule has 6 nitrogen and oxygen atoms in total. The average molecular weight is 245 g/mol. The summed E-state index contributed by atoms with van der Waals surface area (Å²) in [5, 5.41) is 16.4. The van der Waals surface area contributed by atoms with E-state index in [1.54, 1.807) is 12.1 Å². The third kappa shape index (κ3) is 4.05. The topological polar surface area (TPSA) is 106 Å². The van der Waals surface area contributed by atoms with Crippen molar-refractivity contribution in [3.05, 3.63) is 23.8 Å². The first-order valence-electron chi connectivity index (χ1n) is 4.12. The molecule has 16 heavy (non-hydrogen) atoms. The van der Waals surface area contributed by atoms with Crippen molar-refractivity contribution in [3.8, 4) is 11.5 Å². The SMILES string of the molecule is COc1ccc(O)c(/C=N/N=C(N)N)c1.Cl. The molecular formula is C9H13ClN4O2. The van der Waals surface area contributed by atoms with Crippen LogP contribution in [-0.4, -0.2) is 24.4 Å². The molecule has 0 aliphatic rings. The number of phenols is 1. The monoisotopic (exact) mass is 244 g/mol. The zero-order valence-electron chi connectivity index (χ0n) is 8.62. The van der Waals surface area contributed by atoms with E-state index in [-0.39, 0.29) is 24.1 Å². The largest absolute Gasteiger partial charge is 0.507 e. The summed E-state index contributed by atoms with van der Waals surface area (Å²) in [7, 11) is 1.53. The normalized spacial score (nSPS) is 9.56. The van der Waals surface area contributed by atoms with Crippen LogP contribution in [0.2, 0.25) is 0 Å². The molecule has 5 N–H and O–H groups in total. The molecule has 0 amide bonds. The second kappa shape index (κ2) is 6.52. The van der Waals surface area contributed by atoms with Gasteiger partial charge < -0.3 is 21.3 Å². The van der Waals surface area contributed by atoms with Crippen LogP contribution in [0.1, 0.15) is 5.56 Å². The molecule has 1 aromatic rings. The quantitative estimate of drug-likeness (QED) is 0.407. The molecule has 0 aliphatic heterocycles. The Morgan fingerprint density at radius 2 is 2.12 bits per heavy atom. The number of benzene rings is 1. The smallest absolute Gasteiger partial charge is 0.211 e. The van der Waals surface area contributed by atoms with E-state index in [9.17, 15) is 5.11 Å². The van der Waals surface area contributed by atoms with Gasteiger partial charge in [-0.05, 0) is 18.2 Å². The van der Waals surface area contributed by atoms with Gasteiger partial charge in [-0.15, -0.1) is 17.5 Å². The van der Waals surface area contributed by atoms with Crippen LogP contribution in [0.4, 0.5) is 0 Å². The van der Waals surface area contributed by atoms with Gasteiger partial charge in [0, 0.05) is 5.56 Å². The van der Waals surface area contributed by atoms with E-state index in [1.807, 2.05) is 0 Å². The molecule has 1 rings (SSSR count). The summed E-state index contributed by atoms with van der Waals surface area (Å²) in [6.45, 7) is 0. The molecule has 0 radical (unpaired) electrons. The van der Waals surface area contributed by atoms with Crippen molar-refractivity contribution in [1.82, 2.24) is 0 Å². The number of hydrogen-bond acceptors (Lipinski definition) is 4. The Kier molecular flexibility index (Phi) is 5.72. The van der Waals surface area contributed by atoms with Crippen LogP contribution in [0.5, 0.6) is 11.5 Å². The highest BCUT2D eigenvalue weighted by Crippen LogP contribution is 2.20. The van der Waals surface area contributed by atoms with Gasteiger partial charge in [-0.1, -0.05) is 0 Å². The zero-order valence-corrected chi connectivity index (χ0v) is 9.44. The summed E-state index contributed by atoms with van der Waals surface area (Å²) in [6, 6.07) is 4.74. The molecule has 0 aromatic heterocycles. The van der Waals surface area contributed by atoms with Gasteiger partial charge in [-0.3, -0.25) is 0 Å². The number of ether oxygens (including phenoxy) is 1. The van der Waals surface area contributed by atoms with E-state index in [4.69, 9.17) is 16.2 Å². The van der Waals surface area contributed by atoms with Gasteiger partial charge in [-0.25, -0.2) is 0 Å². The van der Waals surface area contributed by atoms with Gasteiger partial charge in [-0.2, -0.15) is 5.10 Å². The number of nitrogens with zero attached hydrogens (tertiary/aromatic N) is 2. The number of hydrogen-bond donors (Lipinski definition) is 3. The fourth-order valence-corrected chi connectivity index (χ4v) is 0.921. The summed E-state index contributed by atoms with van der Waals surface area (Å²) >= 11 is 0. The Labute approximate surface area is 99.0 Å². The fraction of sp³-hybridized carbons (Fsp3) is 0.111. The van der Waals surface area contributed by atoms with Crippen LogP contribution < -0.4 is 16.2 Å². The van der Waals surface area contributed by atoms with E-state index in [2.05, 4.69) is 10.2 Å². The van der Waals surface area contributed by atoms with Crippen LogP contribution in [0, 0.1) is 0 Å². The molecule has 1 aromatic carbocycles. The van der Waals surface area contributed by atoms with Gasteiger partial charge in [0.15, 0.2) is 0 Å². The minimum atomic E-state index is -0.145.